The number of nitrogens with zero attached hydrogens (tertiary/aromatic N) is 2. The second-order valence-electron chi connectivity index (χ2n) is 9.17. The van der Waals surface area contributed by atoms with Crippen molar-refractivity contribution in [2.75, 3.05) is 0 Å². The Bertz CT molecular complexity index is 1040. The minimum absolute atomic E-state index is 0.0364. The van der Waals surface area contributed by atoms with E-state index in [9.17, 15) is 14.4 Å². The van der Waals surface area contributed by atoms with Crippen molar-refractivity contribution in [2.45, 2.75) is 56.7 Å². The molecule has 3 fully saturated rings. The molecule has 8 heteroatoms. The molecule has 1 saturated heterocycles. The van der Waals surface area contributed by atoms with E-state index < -0.39 is 11.9 Å². The monoisotopic (exact) mass is 434 g/mol. The maximum atomic E-state index is 12.9. The molecule has 2 heterocycles. The van der Waals surface area contributed by atoms with Gasteiger partial charge in [0.25, 0.3) is 11.8 Å². The van der Waals surface area contributed by atoms with Crippen molar-refractivity contribution in [2.24, 2.45) is 11.1 Å². The number of aryl methyl sites for hydroxylation is 1. The molecule has 0 bridgehead atoms. The van der Waals surface area contributed by atoms with Crippen LogP contribution < -0.4 is 15.8 Å². The first-order chi connectivity index (χ1) is 15.4. The van der Waals surface area contributed by atoms with E-state index in [4.69, 9.17) is 10.5 Å². The Hall–Kier alpha value is -3.42. The smallest absolute Gasteiger partial charge is 0.325 e. The van der Waals surface area contributed by atoms with Gasteiger partial charge in [-0.05, 0) is 61.6 Å². The van der Waals surface area contributed by atoms with Gasteiger partial charge in [0.1, 0.15) is 17.7 Å². The lowest BCUT2D eigenvalue weighted by atomic mass is 9.52. The zero-order chi connectivity index (χ0) is 22.3. The average Bonchev–Trinajstić information content (AvgIpc) is 3.01. The third-order valence-electron chi connectivity index (χ3n) is 6.96. The van der Waals surface area contributed by atoms with Crippen molar-refractivity contribution in [3.63, 3.8) is 0 Å². The number of imide groups is 1. The van der Waals surface area contributed by atoms with Crippen molar-refractivity contribution in [1.82, 2.24) is 15.2 Å². The van der Waals surface area contributed by atoms with Gasteiger partial charge >= 0.3 is 6.03 Å². The van der Waals surface area contributed by atoms with Crippen molar-refractivity contribution >= 4 is 17.8 Å². The number of rotatable bonds is 7. The quantitative estimate of drug-likeness (QED) is 0.650. The molecular formula is C24H26N4O4. The third kappa shape index (κ3) is 3.70. The average molecular weight is 434 g/mol. The highest BCUT2D eigenvalue weighted by Crippen LogP contribution is 2.58. The highest BCUT2D eigenvalue weighted by molar-refractivity contribution is 6.04. The van der Waals surface area contributed by atoms with E-state index >= 15 is 0 Å². The van der Waals surface area contributed by atoms with Gasteiger partial charge < -0.3 is 15.8 Å². The molecule has 166 valence electrons. The summed E-state index contributed by atoms with van der Waals surface area (Å²) in [6.45, 7) is 0. The zero-order valence-electron chi connectivity index (χ0n) is 17.7. The first-order valence-corrected chi connectivity index (χ1v) is 11.0. The summed E-state index contributed by atoms with van der Waals surface area (Å²) in [5, 5.41) is 2.86. The molecule has 2 aromatic rings. The lowest BCUT2D eigenvalue weighted by Crippen LogP contribution is -2.60. The Balaban J connectivity index is 1.12. The first-order valence-electron chi connectivity index (χ1n) is 11.0. The maximum absolute atomic E-state index is 12.9. The number of carbonyl (C=O) groups is 3. The van der Waals surface area contributed by atoms with Gasteiger partial charge in [0, 0.05) is 12.2 Å². The fourth-order valence-electron chi connectivity index (χ4n) is 5.32. The number of aromatic nitrogens is 1. The Labute approximate surface area is 186 Å². The summed E-state index contributed by atoms with van der Waals surface area (Å²) < 4.78 is 5.90. The molecule has 1 spiro atoms. The van der Waals surface area contributed by atoms with Crippen molar-refractivity contribution in [3.8, 4) is 5.88 Å². The third-order valence-corrected chi connectivity index (χ3v) is 6.96. The molecule has 4 amide bonds. The summed E-state index contributed by atoms with van der Waals surface area (Å²) in [5.41, 5.74) is 6.92. The molecule has 2 saturated carbocycles. The topological polar surface area (TPSA) is 115 Å². The highest BCUT2D eigenvalue weighted by atomic mass is 16.5. The van der Waals surface area contributed by atoms with E-state index in [1.165, 1.54) is 4.90 Å². The standard InChI is InChI=1S/C24H26N4O4/c25-20(29)18-7-4-10-26-21(18)32-17-13-24(14-17)11-16(12-24)28-22(30)19(27-23(28)31)9-8-15-5-2-1-3-6-15/h1-7,10,16-17,19H,8-9,11-14H2,(H2,25,29)(H,27,31)/t16-,17-,19?,24?. The van der Waals surface area contributed by atoms with E-state index in [1.54, 1.807) is 18.3 Å². The molecular weight excluding hydrogens is 408 g/mol. The van der Waals surface area contributed by atoms with Gasteiger partial charge in [-0.15, -0.1) is 0 Å². The molecule has 1 atom stereocenters. The second kappa shape index (κ2) is 7.93. The van der Waals surface area contributed by atoms with Crippen molar-refractivity contribution in [3.05, 3.63) is 59.8 Å². The van der Waals surface area contributed by atoms with Gasteiger partial charge in [-0.1, -0.05) is 30.3 Å². The minimum Gasteiger partial charge on any atom is -0.474 e. The SMILES string of the molecule is NC(=O)c1cccnc1O[C@H]1CC2(C1)C[C@H](N1C(=O)NC(CCc3ccccc3)C1=O)C2. The summed E-state index contributed by atoms with van der Waals surface area (Å²) in [6.07, 6.45) is 6.11. The molecule has 1 aromatic carbocycles. The van der Waals surface area contributed by atoms with Crippen LogP contribution in [0.4, 0.5) is 4.79 Å². The van der Waals surface area contributed by atoms with Gasteiger partial charge in [0.15, 0.2) is 0 Å². The minimum atomic E-state index is -0.564. The normalized spacial score (nSPS) is 28.8. The molecule has 0 radical (unpaired) electrons. The van der Waals surface area contributed by atoms with Gasteiger partial charge in [0.2, 0.25) is 5.88 Å². The van der Waals surface area contributed by atoms with E-state index in [2.05, 4.69) is 10.3 Å². The van der Waals surface area contributed by atoms with Crippen LogP contribution in [0.1, 0.15) is 48.0 Å². The van der Waals surface area contributed by atoms with Crippen LogP contribution in [0, 0.1) is 5.41 Å². The van der Waals surface area contributed by atoms with Crippen LogP contribution in [0.2, 0.25) is 0 Å². The lowest BCUT2D eigenvalue weighted by Gasteiger charge is -2.58. The van der Waals surface area contributed by atoms with Crippen LogP contribution in [0.25, 0.3) is 0 Å². The highest BCUT2D eigenvalue weighted by Gasteiger charge is 2.58. The Morgan fingerprint density at radius 3 is 2.59 bits per heavy atom. The molecule has 1 aliphatic heterocycles. The number of nitrogens with two attached hydrogens (primary N) is 1. The van der Waals surface area contributed by atoms with Crippen LogP contribution in [0.5, 0.6) is 5.88 Å². The lowest BCUT2D eigenvalue weighted by molar-refractivity contribution is -0.140. The van der Waals surface area contributed by atoms with Crippen molar-refractivity contribution in [1.29, 1.82) is 0 Å². The molecule has 1 unspecified atom stereocenters. The van der Waals surface area contributed by atoms with Gasteiger partial charge in [-0.25, -0.2) is 9.78 Å². The summed E-state index contributed by atoms with van der Waals surface area (Å²) in [4.78, 5) is 42.4. The summed E-state index contributed by atoms with van der Waals surface area (Å²) in [6, 6.07) is 12.4. The first kappa shape index (κ1) is 20.5. The molecule has 5 rings (SSSR count). The Morgan fingerprint density at radius 1 is 1.12 bits per heavy atom. The van der Waals surface area contributed by atoms with Crippen LogP contribution in [-0.4, -0.2) is 45.9 Å². The Kier molecular flexibility index (Phi) is 5.07. The van der Waals surface area contributed by atoms with Crippen LogP contribution in [-0.2, 0) is 11.2 Å². The van der Waals surface area contributed by atoms with Gasteiger partial charge in [0.05, 0.1) is 0 Å². The molecule has 3 N–H and O–H groups in total. The number of ether oxygens (including phenoxy) is 1. The zero-order valence-corrected chi connectivity index (χ0v) is 17.7. The number of benzene rings is 1. The molecule has 8 nitrogen and oxygen atoms in total. The van der Waals surface area contributed by atoms with Gasteiger partial charge in [-0.3, -0.25) is 14.5 Å². The maximum Gasteiger partial charge on any atom is 0.325 e. The number of pyridine rings is 1. The second-order valence-corrected chi connectivity index (χ2v) is 9.17. The van der Waals surface area contributed by atoms with Crippen LogP contribution >= 0.6 is 0 Å². The number of nitrogens with one attached hydrogen (secondary N) is 1. The Morgan fingerprint density at radius 2 is 1.88 bits per heavy atom. The van der Waals surface area contributed by atoms with E-state index in [-0.39, 0.29) is 40.9 Å². The summed E-state index contributed by atoms with van der Waals surface area (Å²) >= 11 is 0. The van der Waals surface area contributed by atoms with E-state index in [0.29, 0.717) is 6.42 Å². The fourth-order valence-corrected chi connectivity index (χ4v) is 5.32. The predicted molar refractivity (Wildman–Crippen MR) is 116 cm³/mol. The number of hydrogen-bond donors (Lipinski definition) is 2. The van der Waals surface area contributed by atoms with Crippen LogP contribution in [0.15, 0.2) is 48.7 Å². The molecule has 32 heavy (non-hydrogen) atoms. The predicted octanol–water partition coefficient (Wildman–Crippen LogP) is 2.42. The van der Waals surface area contributed by atoms with Crippen LogP contribution in [0.3, 0.4) is 0 Å². The van der Waals surface area contributed by atoms with E-state index in [1.807, 2.05) is 30.3 Å². The summed E-state index contributed by atoms with van der Waals surface area (Å²) in [7, 11) is 0. The summed E-state index contributed by atoms with van der Waals surface area (Å²) in [5.74, 6) is -0.408. The van der Waals surface area contributed by atoms with Gasteiger partial charge in [-0.2, -0.15) is 0 Å². The number of urea groups is 1. The van der Waals surface area contributed by atoms with E-state index in [0.717, 1.165) is 37.7 Å². The molecule has 2 aliphatic carbocycles. The largest absolute Gasteiger partial charge is 0.474 e. The molecule has 3 aliphatic rings. The number of primary amides is 1. The molecule has 1 aromatic heterocycles. The number of amides is 4. The number of hydrogen-bond acceptors (Lipinski definition) is 5. The van der Waals surface area contributed by atoms with Crippen molar-refractivity contribution < 1.29 is 19.1 Å². The number of carbonyl (C=O) groups excluding carboxylic acids is 3. The fraction of sp³-hybridized carbons (Fsp3) is 0.417.